The van der Waals surface area contributed by atoms with E-state index in [4.69, 9.17) is 0 Å². The molecule has 1 rings (SSSR count). The Labute approximate surface area is 124 Å². The van der Waals surface area contributed by atoms with Gasteiger partial charge in [-0.05, 0) is 18.1 Å². The Bertz CT molecular complexity index is 517. The van der Waals surface area contributed by atoms with Gasteiger partial charge in [-0.15, -0.1) is 0 Å². The third-order valence-electron chi connectivity index (χ3n) is 2.97. The molecular weight excluding hydrogens is 272 g/mol. The molecule has 0 aliphatic rings. The second-order valence-electron chi connectivity index (χ2n) is 5.23. The van der Waals surface area contributed by atoms with E-state index in [1.54, 1.807) is 37.2 Å². The number of nitrogens with zero attached hydrogens (tertiary/aromatic N) is 2. The Morgan fingerprint density at radius 1 is 1.43 bits per heavy atom. The fourth-order valence-corrected chi connectivity index (χ4v) is 1.91. The average molecular weight is 294 g/mol. The van der Waals surface area contributed by atoms with Crippen LogP contribution in [0.2, 0.25) is 0 Å². The molecule has 2 N–H and O–H groups in total. The maximum absolute atomic E-state index is 11.8. The van der Waals surface area contributed by atoms with Gasteiger partial charge in [0, 0.05) is 20.6 Å². The van der Waals surface area contributed by atoms with Gasteiger partial charge in [-0.1, -0.05) is 19.9 Å². The van der Waals surface area contributed by atoms with Crippen molar-refractivity contribution >= 4 is 23.0 Å². The molecule has 1 aromatic rings. The van der Waals surface area contributed by atoms with Gasteiger partial charge in [0.2, 0.25) is 5.91 Å². The maximum atomic E-state index is 11.8. The minimum atomic E-state index is -0.441. The quantitative estimate of drug-likeness (QED) is 0.592. The van der Waals surface area contributed by atoms with Crippen LogP contribution < -0.4 is 15.5 Å². The first-order chi connectivity index (χ1) is 9.86. The lowest BCUT2D eigenvalue weighted by Gasteiger charge is -2.20. The number of nitrogens with one attached hydrogen (secondary N) is 2. The van der Waals surface area contributed by atoms with Gasteiger partial charge in [-0.2, -0.15) is 0 Å². The van der Waals surface area contributed by atoms with Crippen LogP contribution in [-0.2, 0) is 4.79 Å². The summed E-state index contributed by atoms with van der Waals surface area (Å²) in [5, 5.41) is 16.8. The molecule has 0 saturated carbocycles. The van der Waals surface area contributed by atoms with Gasteiger partial charge in [0.05, 0.1) is 11.5 Å². The van der Waals surface area contributed by atoms with Crippen molar-refractivity contribution in [2.24, 2.45) is 5.92 Å². The van der Waals surface area contributed by atoms with E-state index in [1.165, 1.54) is 0 Å². The lowest BCUT2D eigenvalue weighted by molar-refractivity contribution is -0.383. The molecule has 7 nitrogen and oxygen atoms in total. The minimum absolute atomic E-state index is 0.0286. The largest absolute Gasteiger partial charge is 0.382 e. The number of rotatable bonds is 7. The second-order valence-corrected chi connectivity index (χ2v) is 5.23. The zero-order valence-electron chi connectivity index (χ0n) is 12.8. The summed E-state index contributed by atoms with van der Waals surface area (Å²) in [6.07, 6.45) is 0. The van der Waals surface area contributed by atoms with Crippen molar-refractivity contribution in [1.82, 2.24) is 5.32 Å². The van der Waals surface area contributed by atoms with Gasteiger partial charge in [0.15, 0.2) is 0 Å². The van der Waals surface area contributed by atoms with E-state index in [0.29, 0.717) is 23.8 Å². The number of amides is 1. The number of likely N-dealkylation sites (N-methyl/N-ethyl adjacent to an activating group) is 1. The van der Waals surface area contributed by atoms with Crippen LogP contribution in [0.5, 0.6) is 0 Å². The molecule has 0 fully saturated rings. The predicted molar refractivity (Wildman–Crippen MR) is 83.8 cm³/mol. The van der Waals surface area contributed by atoms with E-state index in [2.05, 4.69) is 10.6 Å². The Kier molecular flexibility index (Phi) is 5.95. The van der Waals surface area contributed by atoms with Gasteiger partial charge < -0.3 is 15.5 Å². The molecule has 0 atom stereocenters. The summed E-state index contributed by atoms with van der Waals surface area (Å²) in [5.41, 5.74) is 0.803. The number of carbonyl (C=O) groups excluding carboxylic acids is 1. The van der Waals surface area contributed by atoms with Crippen LogP contribution in [0.4, 0.5) is 17.1 Å². The third-order valence-corrected chi connectivity index (χ3v) is 2.97. The molecule has 0 bridgehead atoms. The lowest BCUT2D eigenvalue weighted by Crippen LogP contribution is -2.37. The molecule has 0 saturated heterocycles. The van der Waals surface area contributed by atoms with Crippen LogP contribution in [0, 0.1) is 16.0 Å². The Morgan fingerprint density at radius 2 is 2.10 bits per heavy atom. The second kappa shape index (κ2) is 7.47. The van der Waals surface area contributed by atoms with Crippen molar-refractivity contribution in [3.05, 3.63) is 28.3 Å². The molecule has 0 radical (unpaired) electrons. The van der Waals surface area contributed by atoms with Crippen molar-refractivity contribution in [2.75, 3.05) is 37.4 Å². The molecule has 1 aromatic carbocycles. The van der Waals surface area contributed by atoms with Crippen LogP contribution in [0.1, 0.15) is 13.8 Å². The molecule has 116 valence electrons. The van der Waals surface area contributed by atoms with Crippen molar-refractivity contribution in [3.8, 4) is 0 Å². The summed E-state index contributed by atoms with van der Waals surface area (Å²) in [6.45, 7) is 4.67. The zero-order chi connectivity index (χ0) is 16.0. The maximum Gasteiger partial charge on any atom is 0.315 e. The normalized spacial score (nSPS) is 10.3. The van der Waals surface area contributed by atoms with E-state index < -0.39 is 4.92 Å². The van der Waals surface area contributed by atoms with Gasteiger partial charge in [0.1, 0.15) is 11.4 Å². The van der Waals surface area contributed by atoms with E-state index in [1.807, 2.05) is 13.8 Å². The third kappa shape index (κ3) is 4.62. The fourth-order valence-electron chi connectivity index (χ4n) is 1.91. The van der Waals surface area contributed by atoms with Gasteiger partial charge in [0.25, 0.3) is 0 Å². The monoisotopic (exact) mass is 294 g/mol. The van der Waals surface area contributed by atoms with E-state index >= 15 is 0 Å². The fraction of sp³-hybridized carbons (Fsp3) is 0.500. The molecule has 1 amide bonds. The number of anilines is 2. The number of hydrogen-bond acceptors (Lipinski definition) is 5. The van der Waals surface area contributed by atoms with Gasteiger partial charge >= 0.3 is 5.69 Å². The predicted octanol–water partition coefficient (Wildman–Crippen LogP) is 1.84. The SMILES string of the molecule is CNc1cccc(N(C)CC(=O)NCC(C)C)c1[N+](=O)[O-]. The van der Waals surface area contributed by atoms with Crippen LogP contribution in [0.3, 0.4) is 0 Å². The molecule has 7 heteroatoms. The zero-order valence-corrected chi connectivity index (χ0v) is 12.8. The summed E-state index contributed by atoms with van der Waals surface area (Å²) in [6, 6.07) is 4.99. The van der Waals surface area contributed by atoms with E-state index in [-0.39, 0.29) is 18.1 Å². The molecule has 0 heterocycles. The summed E-state index contributed by atoms with van der Waals surface area (Å²) < 4.78 is 0. The van der Waals surface area contributed by atoms with Crippen LogP contribution in [-0.4, -0.2) is 38.0 Å². The summed E-state index contributed by atoms with van der Waals surface area (Å²) in [5.74, 6) is 0.205. The summed E-state index contributed by atoms with van der Waals surface area (Å²) in [4.78, 5) is 24.2. The highest BCUT2D eigenvalue weighted by Crippen LogP contribution is 2.34. The van der Waals surface area contributed by atoms with Crippen molar-refractivity contribution in [2.45, 2.75) is 13.8 Å². The first-order valence-electron chi connectivity index (χ1n) is 6.79. The van der Waals surface area contributed by atoms with Crippen molar-refractivity contribution < 1.29 is 9.72 Å². The highest BCUT2D eigenvalue weighted by Gasteiger charge is 2.22. The first kappa shape index (κ1) is 16.7. The highest BCUT2D eigenvalue weighted by atomic mass is 16.6. The lowest BCUT2D eigenvalue weighted by atomic mass is 10.2. The summed E-state index contributed by atoms with van der Waals surface area (Å²) >= 11 is 0. The first-order valence-corrected chi connectivity index (χ1v) is 6.79. The number of hydrogen-bond donors (Lipinski definition) is 2. The van der Waals surface area contributed by atoms with Crippen molar-refractivity contribution in [3.63, 3.8) is 0 Å². The Hall–Kier alpha value is -2.31. The molecule has 0 aromatic heterocycles. The van der Waals surface area contributed by atoms with Crippen LogP contribution in [0.25, 0.3) is 0 Å². The highest BCUT2D eigenvalue weighted by molar-refractivity contribution is 5.84. The van der Waals surface area contributed by atoms with Crippen LogP contribution in [0.15, 0.2) is 18.2 Å². The molecular formula is C14H22N4O3. The Morgan fingerprint density at radius 3 is 2.62 bits per heavy atom. The number of para-hydroxylation sites is 1. The van der Waals surface area contributed by atoms with Crippen LogP contribution >= 0.6 is 0 Å². The summed E-state index contributed by atoms with van der Waals surface area (Å²) in [7, 11) is 3.29. The number of benzene rings is 1. The average Bonchev–Trinajstić information content (AvgIpc) is 2.43. The Balaban J connectivity index is 2.89. The molecule has 0 spiro atoms. The van der Waals surface area contributed by atoms with E-state index in [0.717, 1.165) is 0 Å². The minimum Gasteiger partial charge on any atom is -0.382 e. The molecule has 0 unspecified atom stereocenters. The number of nitro benzene ring substituents is 1. The number of nitro groups is 1. The topological polar surface area (TPSA) is 87.5 Å². The van der Waals surface area contributed by atoms with Crippen molar-refractivity contribution in [1.29, 1.82) is 0 Å². The number of carbonyl (C=O) groups is 1. The molecule has 0 aliphatic carbocycles. The van der Waals surface area contributed by atoms with Gasteiger partial charge in [-0.25, -0.2) is 0 Å². The van der Waals surface area contributed by atoms with Gasteiger partial charge in [-0.3, -0.25) is 14.9 Å². The molecule has 0 aliphatic heterocycles. The smallest absolute Gasteiger partial charge is 0.315 e. The van der Waals surface area contributed by atoms with E-state index in [9.17, 15) is 14.9 Å². The molecule has 21 heavy (non-hydrogen) atoms. The standard InChI is InChI=1S/C14H22N4O3/c1-10(2)8-16-13(19)9-17(4)12-7-5-6-11(15-3)14(12)18(20)21/h5-7,10,15H,8-9H2,1-4H3,(H,16,19).